The maximum Gasteiger partial charge on any atom is 0.243 e. The highest BCUT2D eigenvalue weighted by molar-refractivity contribution is 5.89. The summed E-state index contributed by atoms with van der Waals surface area (Å²) in [6.45, 7) is 4.69. The minimum Gasteiger partial charge on any atom is -0.386 e. The number of aliphatic hydroxyl groups excluding tert-OH is 1. The molecule has 3 aliphatic carbocycles. The molecular weight excluding hydrogens is 472 g/mol. The number of aliphatic hydroxyl groups is 1. The number of rotatable bonds is 5. The Balaban J connectivity index is 1.24. The Labute approximate surface area is 226 Å². The fraction of sp³-hybridized carbons (Fsp3) is 0.515. The van der Waals surface area contributed by atoms with E-state index in [0.29, 0.717) is 17.8 Å². The average molecular weight is 513 g/mol. The molecule has 2 unspecified atom stereocenters. The lowest BCUT2D eigenvalue weighted by molar-refractivity contribution is -0.135. The van der Waals surface area contributed by atoms with Gasteiger partial charge >= 0.3 is 0 Å². The van der Waals surface area contributed by atoms with E-state index >= 15 is 0 Å². The Kier molecular flexibility index (Phi) is 6.46. The summed E-state index contributed by atoms with van der Waals surface area (Å²) < 4.78 is 0. The zero-order valence-corrected chi connectivity index (χ0v) is 22.5. The van der Waals surface area contributed by atoms with Gasteiger partial charge in [-0.25, -0.2) is 0 Å². The van der Waals surface area contributed by atoms with Gasteiger partial charge in [0.1, 0.15) is 6.10 Å². The van der Waals surface area contributed by atoms with Gasteiger partial charge in [0.25, 0.3) is 0 Å². The van der Waals surface area contributed by atoms with Crippen LogP contribution in [-0.4, -0.2) is 23.0 Å². The zero-order chi connectivity index (χ0) is 26.5. The Hall–Kier alpha value is -2.92. The number of carbonyl (C=O) groups excluding carboxylic acids is 2. The van der Waals surface area contributed by atoms with Crippen LogP contribution in [0.1, 0.15) is 75.6 Å². The van der Waals surface area contributed by atoms with Crippen molar-refractivity contribution in [2.75, 3.05) is 0 Å². The minimum absolute atomic E-state index is 0.00327. The van der Waals surface area contributed by atoms with E-state index in [4.69, 9.17) is 0 Å². The lowest BCUT2D eigenvalue weighted by atomic mass is 9.48. The molecular formula is C33H40N2O3. The molecule has 1 aliphatic heterocycles. The topological polar surface area (TPSA) is 78.4 Å². The molecule has 0 saturated heterocycles. The van der Waals surface area contributed by atoms with Crippen molar-refractivity contribution in [3.05, 3.63) is 83.9 Å². The SMILES string of the molecule is C[C@]12C=CC(=O)NC1CC[C@@H]1[C@H]2CC[C@]2(C)C(C(=O)N[C@H](c3ccccc3)[C@H](O)c3ccccc3)CC[C@@H]12. The molecule has 0 radical (unpaired) electrons. The van der Waals surface area contributed by atoms with Gasteiger partial charge in [-0.05, 0) is 78.9 Å². The van der Waals surface area contributed by atoms with Crippen molar-refractivity contribution >= 4 is 11.8 Å². The molecule has 5 heteroatoms. The van der Waals surface area contributed by atoms with Crippen molar-refractivity contribution in [1.82, 2.24) is 10.6 Å². The number of amides is 2. The first kappa shape index (κ1) is 25.4. The number of benzene rings is 2. The molecule has 0 aromatic heterocycles. The molecule has 3 N–H and O–H groups in total. The Morgan fingerprint density at radius 3 is 2.32 bits per heavy atom. The molecule has 5 nitrogen and oxygen atoms in total. The summed E-state index contributed by atoms with van der Waals surface area (Å²) in [4.78, 5) is 26.1. The largest absolute Gasteiger partial charge is 0.386 e. The molecule has 0 bridgehead atoms. The normalized spacial score (nSPS) is 37.2. The van der Waals surface area contributed by atoms with E-state index < -0.39 is 12.1 Å². The average Bonchev–Trinajstić information content (AvgIpc) is 3.30. The second-order valence-electron chi connectivity index (χ2n) is 12.6. The van der Waals surface area contributed by atoms with Crippen LogP contribution in [0, 0.1) is 34.5 Å². The van der Waals surface area contributed by atoms with E-state index in [1.165, 1.54) is 0 Å². The van der Waals surface area contributed by atoms with E-state index in [0.717, 1.165) is 49.7 Å². The van der Waals surface area contributed by atoms with Crippen LogP contribution in [0.2, 0.25) is 0 Å². The molecule has 200 valence electrons. The van der Waals surface area contributed by atoms with Crippen LogP contribution in [0.15, 0.2) is 72.8 Å². The summed E-state index contributed by atoms with van der Waals surface area (Å²) in [5.74, 6) is 1.67. The van der Waals surface area contributed by atoms with Crippen LogP contribution >= 0.6 is 0 Å². The van der Waals surface area contributed by atoms with Crippen LogP contribution in [0.3, 0.4) is 0 Å². The molecule has 2 aromatic carbocycles. The van der Waals surface area contributed by atoms with Gasteiger partial charge in [0.2, 0.25) is 11.8 Å². The molecule has 4 aliphatic rings. The number of nitrogens with one attached hydrogen (secondary N) is 2. The molecule has 9 atom stereocenters. The smallest absolute Gasteiger partial charge is 0.243 e. The van der Waals surface area contributed by atoms with E-state index in [1.54, 1.807) is 6.08 Å². The summed E-state index contributed by atoms with van der Waals surface area (Å²) in [7, 11) is 0. The molecule has 2 amide bonds. The van der Waals surface area contributed by atoms with Crippen molar-refractivity contribution in [3.63, 3.8) is 0 Å². The summed E-state index contributed by atoms with van der Waals surface area (Å²) in [5.41, 5.74) is 1.67. The van der Waals surface area contributed by atoms with Crippen molar-refractivity contribution in [2.45, 2.75) is 70.6 Å². The van der Waals surface area contributed by atoms with E-state index in [9.17, 15) is 14.7 Å². The molecule has 2 aromatic rings. The zero-order valence-electron chi connectivity index (χ0n) is 22.5. The predicted molar refractivity (Wildman–Crippen MR) is 148 cm³/mol. The summed E-state index contributed by atoms with van der Waals surface area (Å²) in [6, 6.07) is 19.2. The van der Waals surface area contributed by atoms with Gasteiger partial charge in [-0.15, -0.1) is 0 Å². The highest BCUT2D eigenvalue weighted by atomic mass is 16.3. The second-order valence-corrected chi connectivity index (χ2v) is 12.6. The molecule has 6 rings (SSSR count). The number of carbonyl (C=O) groups is 2. The number of hydrogen-bond acceptors (Lipinski definition) is 3. The number of fused-ring (bicyclic) bond motifs is 5. The summed E-state index contributed by atoms with van der Waals surface area (Å²) >= 11 is 0. The van der Waals surface area contributed by atoms with Gasteiger partial charge < -0.3 is 15.7 Å². The van der Waals surface area contributed by atoms with E-state index in [2.05, 4.69) is 30.6 Å². The van der Waals surface area contributed by atoms with Crippen LogP contribution in [0.4, 0.5) is 0 Å². The fourth-order valence-corrected chi connectivity index (χ4v) is 8.87. The molecule has 3 saturated carbocycles. The first-order chi connectivity index (χ1) is 18.3. The van der Waals surface area contributed by atoms with Crippen molar-refractivity contribution in [2.24, 2.45) is 34.5 Å². The maximum atomic E-state index is 14.0. The summed E-state index contributed by atoms with van der Waals surface area (Å²) in [5, 5.41) is 17.9. The van der Waals surface area contributed by atoms with E-state index in [1.807, 2.05) is 60.7 Å². The standard InChI is InChI=1S/C33H40N2O3/c1-32-19-17-25-23(13-16-27-33(25,2)20-18-28(36)34-27)24(32)14-15-26(32)31(38)35-29(21-9-5-3-6-10-21)30(37)22-11-7-4-8-12-22/h3-12,18,20,23-27,29-30,37H,13-17,19H2,1-2H3,(H,34,36)(H,35,38)/t23-,24-,25+,26?,27?,29+,30+,32-,33+/m0/s1. The van der Waals surface area contributed by atoms with Gasteiger partial charge in [-0.2, -0.15) is 0 Å². The second kappa shape index (κ2) is 9.68. The van der Waals surface area contributed by atoms with Crippen LogP contribution in [0.5, 0.6) is 0 Å². The predicted octanol–water partition coefficient (Wildman–Crippen LogP) is 5.49. The van der Waals surface area contributed by atoms with Crippen LogP contribution in [-0.2, 0) is 9.59 Å². The van der Waals surface area contributed by atoms with Gasteiger partial charge in [-0.3, -0.25) is 9.59 Å². The van der Waals surface area contributed by atoms with Crippen molar-refractivity contribution in [1.29, 1.82) is 0 Å². The lowest BCUT2D eigenvalue weighted by Crippen LogP contribution is -2.59. The Morgan fingerprint density at radius 1 is 0.921 bits per heavy atom. The molecule has 3 fully saturated rings. The fourth-order valence-electron chi connectivity index (χ4n) is 8.87. The first-order valence-corrected chi connectivity index (χ1v) is 14.4. The first-order valence-electron chi connectivity index (χ1n) is 14.4. The Bertz CT molecular complexity index is 1210. The highest BCUT2D eigenvalue weighted by Gasteiger charge is 2.61. The third-order valence-electron chi connectivity index (χ3n) is 10.9. The van der Waals surface area contributed by atoms with Gasteiger partial charge in [0.15, 0.2) is 0 Å². The summed E-state index contributed by atoms with van der Waals surface area (Å²) in [6.07, 6.45) is 9.30. The van der Waals surface area contributed by atoms with E-state index in [-0.39, 0.29) is 34.6 Å². The third kappa shape index (κ3) is 4.10. The lowest BCUT2D eigenvalue weighted by Gasteiger charge is -2.58. The highest BCUT2D eigenvalue weighted by Crippen LogP contribution is 2.65. The number of hydrogen-bond donors (Lipinski definition) is 3. The minimum atomic E-state index is -0.827. The van der Waals surface area contributed by atoms with Gasteiger partial charge in [0, 0.05) is 17.4 Å². The molecule has 1 heterocycles. The van der Waals surface area contributed by atoms with Gasteiger partial charge in [0.05, 0.1) is 6.04 Å². The maximum absolute atomic E-state index is 14.0. The molecule has 0 spiro atoms. The van der Waals surface area contributed by atoms with Crippen LogP contribution in [0.25, 0.3) is 0 Å². The third-order valence-corrected chi connectivity index (χ3v) is 10.9. The Morgan fingerprint density at radius 2 is 1.61 bits per heavy atom. The molecule has 38 heavy (non-hydrogen) atoms. The van der Waals surface area contributed by atoms with Gasteiger partial charge in [-0.1, -0.05) is 80.6 Å². The van der Waals surface area contributed by atoms with Crippen LogP contribution < -0.4 is 10.6 Å². The quantitative estimate of drug-likeness (QED) is 0.496. The van der Waals surface area contributed by atoms with Crippen molar-refractivity contribution in [3.8, 4) is 0 Å². The monoisotopic (exact) mass is 512 g/mol. The van der Waals surface area contributed by atoms with Crippen molar-refractivity contribution < 1.29 is 14.7 Å².